The van der Waals surface area contributed by atoms with Gasteiger partial charge in [0.05, 0.1) is 17.3 Å². The topological polar surface area (TPSA) is 98.1 Å². The average Bonchev–Trinajstić information content (AvgIpc) is 3.20. The highest BCUT2D eigenvalue weighted by Crippen LogP contribution is 2.30. The zero-order valence-electron chi connectivity index (χ0n) is 13.1. The first kappa shape index (κ1) is 16.7. The van der Waals surface area contributed by atoms with Crippen LogP contribution in [0, 0.1) is 0 Å². The van der Waals surface area contributed by atoms with Crippen molar-refractivity contribution in [2.75, 3.05) is 17.3 Å². The molecule has 0 aromatic carbocycles. The van der Waals surface area contributed by atoms with Gasteiger partial charge in [-0.3, -0.25) is 4.79 Å². The van der Waals surface area contributed by atoms with Gasteiger partial charge in [0.1, 0.15) is 0 Å². The molecule has 1 saturated heterocycles. The van der Waals surface area contributed by atoms with Crippen LogP contribution in [-0.2, 0) is 21.7 Å². The summed E-state index contributed by atoms with van der Waals surface area (Å²) >= 11 is 1.29. The van der Waals surface area contributed by atoms with Gasteiger partial charge in [-0.15, -0.1) is 5.10 Å². The standard InChI is InChI=1S/C13H21N5O3S2/c1-17-13(14-15-16-17)22-8-12(19)18(10-4-2-3-5-10)11-6-7-23(20,21)9-11/h10-11H,2-9H2,1H3/t11-/m0/s1. The van der Waals surface area contributed by atoms with Gasteiger partial charge in [0.2, 0.25) is 11.1 Å². The van der Waals surface area contributed by atoms with Crippen LogP contribution >= 0.6 is 11.8 Å². The van der Waals surface area contributed by atoms with E-state index in [2.05, 4.69) is 15.5 Å². The molecule has 1 aliphatic carbocycles. The molecule has 1 amide bonds. The van der Waals surface area contributed by atoms with E-state index in [1.807, 2.05) is 4.90 Å². The maximum atomic E-state index is 12.8. The van der Waals surface area contributed by atoms with Gasteiger partial charge < -0.3 is 4.90 Å². The lowest BCUT2D eigenvalue weighted by Crippen LogP contribution is -2.47. The van der Waals surface area contributed by atoms with E-state index in [-0.39, 0.29) is 35.2 Å². The lowest BCUT2D eigenvalue weighted by Gasteiger charge is -2.34. The van der Waals surface area contributed by atoms with Crippen molar-refractivity contribution in [3.05, 3.63) is 0 Å². The summed E-state index contributed by atoms with van der Waals surface area (Å²) in [5, 5.41) is 11.8. The SMILES string of the molecule is Cn1nnnc1SCC(=O)N(C1CCCC1)[C@H]1CCS(=O)(=O)C1. The maximum absolute atomic E-state index is 12.8. The lowest BCUT2D eigenvalue weighted by molar-refractivity contribution is -0.132. The highest BCUT2D eigenvalue weighted by molar-refractivity contribution is 7.99. The van der Waals surface area contributed by atoms with E-state index in [0.717, 1.165) is 25.7 Å². The number of sulfone groups is 1. The Balaban J connectivity index is 1.69. The van der Waals surface area contributed by atoms with Gasteiger partial charge in [0.15, 0.2) is 9.84 Å². The molecule has 2 aliphatic rings. The maximum Gasteiger partial charge on any atom is 0.233 e. The number of amides is 1. The molecule has 23 heavy (non-hydrogen) atoms. The number of aromatic nitrogens is 4. The predicted molar refractivity (Wildman–Crippen MR) is 85.7 cm³/mol. The van der Waals surface area contributed by atoms with Crippen molar-refractivity contribution in [1.29, 1.82) is 0 Å². The van der Waals surface area contributed by atoms with Gasteiger partial charge in [-0.1, -0.05) is 24.6 Å². The van der Waals surface area contributed by atoms with E-state index in [1.54, 1.807) is 7.05 Å². The minimum Gasteiger partial charge on any atom is -0.335 e. The normalized spacial score (nSPS) is 24.1. The molecule has 8 nitrogen and oxygen atoms in total. The molecule has 1 aromatic rings. The smallest absolute Gasteiger partial charge is 0.233 e. The van der Waals surface area contributed by atoms with E-state index in [4.69, 9.17) is 0 Å². The van der Waals surface area contributed by atoms with Crippen LogP contribution < -0.4 is 0 Å². The molecule has 1 aromatic heterocycles. The molecule has 10 heteroatoms. The van der Waals surface area contributed by atoms with Crippen LogP contribution in [-0.4, -0.2) is 68.8 Å². The summed E-state index contributed by atoms with van der Waals surface area (Å²) in [6.45, 7) is 0. The minimum atomic E-state index is -3.01. The molecule has 1 aliphatic heterocycles. The molecular formula is C13H21N5O3S2. The molecule has 0 spiro atoms. The fourth-order valence-corrected chi connectivity index (χ4v) is 5.86. The quantitative estimate of drug-likeness (QED) is 0.696. The number of carbonyl (C=O) groups excluding carboxylic acids is 1. The Bertz CT molecular complexity index is 669. The van der Waals surface area contributed by atoms with Gasteiger partial charge in [0, 0.05) is 19.1 Å². The summed E-state index contributed by atoms with van der Waals surface area (Å²) in [5.41, 5.74) is 0. The zero-order chi connectivity index (χ0) is 16.4. The third-order valence-electron chi connectivity index (χ3n) is 4.51. The van der Waals surface area contributed by atoms with Crippen molar-refractivity contribution in [2.24, 2.45) is 7.05 Å². The van der Waals surface area contributed by atoms with Crippen LogP contribution in [0.2, 0.25) is 0 Å². The second kappa shape index (κ2) is 6.76. The van der Waals surface area contributed by atoms with Crippen molar-refractivity contribution < 1.29 is 13.2 Å². The Labute approximate surface area is 139 Å². The van der Waals surface area contributed by atoms with Gasteiger partial charge >= 0.3 is 0 Å². The molecule has 0 bridgehead atoms. The minimum absolute atomic E-state index is 0.00741. The summed E-state index contributed by atoms with van der Waals surface area (Å²) < 4.78 is 25.1. The Morgan fingerprint density at radius 1 is 1.30 bits per heavy atom. The van der Waals surface area contributed by atoms with Gasteiger partial charge in [-0.2, -0.15) is 0 Å². The van der Waals surface area contributed by atoms with E-state index in [1.165, 1.54) is 16.4 Å². The number of hydrogen-bond donors (Lipinski definition) is 0. The lowest BCUT2D eigenvalue weighted by atomic mass is 10.1. The highest BCUT2D eigenvalue weighted by Gasteiger charge is 2.38. The molecule has 2 heterocycles. The van der Waals surface area contributed by atoms with E-state index in [9.17, 15) is 13.2 Å². The third-order valence-corrected chi connectivity index (χ3v) is 7.26. The summed E-state index contributed by atoms with van der Waals surface area (Å²) in [5.74, 6) is 0.522. The van der Waals surface area contributed by atoms with E-state index >= 15 is 0 Å². The molecule has 1 saturated carbocycles. The summed E-state index contributed by atoms with van der Waals surface area (Å²) in [6.07, 6.45) is 4.71. The molecular weight excluding hydrogens is 338 g/mol. The Hall–Kier alpha value is -1.16. The van der Waals surface area contributed by atoms with Gasteiger partial charge in [-0.25, -0.2) is 13.1 Å². The Morgan fingerprint density at radius 3 is 2.61 bits per heavy atom. The first-order chi connectivity index (χ1) is 11.0. The van der Waals surface area contributed by atoms with Crippen molar-refractivity contribution >= 4 is 27.5 Å². The molecule has 0 radical (unpaired) electrons. The predicted octanol–water partition coefficient (Wildman–Crippen LogP) is 0.260. The van der Waals surface area contributed by atoms with Gasteiger partial charge in [0.25, 0.3) is 0 Å². The number of tetrazole rings is 1. The number of aryl methyl sites for hydroxylation is 1. The number of thioether (sulfide) groups is 1. The summed E-state index contributed by atoms with van der Waals surface area (Å²) in [6, 6.07) is 0.00726. The van der Waals surface area contributed by atoms with Crippen LogP contribution in [0.5, 0.6) is 0 Å². The van der Waals surface area contributed by atoms with E-state index in [0.29, 0.717) is 11.6 Å². The fraction of sp³-hybridized carbons (Fsp3) is 0.846. The Morgan fingerprint density at radius 2 is 2.04 bits per heavy atom. The van der Waals surface area contributed by atoms with Crippen LogP contribution in [0.4, 0.5) is 0 Å². The van der Waals surface area contributed by atoms with Crippen molar-refractivity contribution in [3.8, 4) is 0 Å². The molecule has 2 fully saturated rings. The van der Waals surface area contributed by atoms with E-state index < -0.39 is 9.84 Å². The van der Waals surface area contributed by atoms with Crippen LogP contribution in [0.25, 0.3) is 0 Å². The fourth-order valence-electron chi connectivity index (χ4n) is 3.43. The summed E-state index contributed by atoms with van der Waals surface area (Å²) in [7, 11) is -1.28. The number of hydrogen-bond acceptors (Lipinski definition) is 7. The van der Waals surface area contributed by atoms with Crippen LogP contribution in [0.1, 0.15) is 32.1 Å². The van der Waals surface area contributed by atoms with Crippen LogP contribution in [0.15, 0.2) is 5.16 Å². The largest absolute Gasteiger partial charge is 0.335 e. The average molecular weight is 359 g/mol. The second-order valence-corrected chi connectivity index (χ2v) is 9.34. The zero-order valence-corrected chi connectivity index (χ0v) is 14.7. The highest BCUT2D eigenvalue weighted by atomic mass is 32.2. The van der Waals surface area contributed by atoms with Crippen molar-refractivity contribution in [1.82, 2.24) is 25.1 Å². The molecule has 0 N–H and O–H groups in total. The number of carbonyl (C=O) groups is 1. The van der Waals surface area contributed by atoms with Crippen molar-refractivity contribution in [2.45, 2.75) is 49.3 Å². The first-order valence-electron chi connectivity index (χ1n) is 7.83. The molecule has 0 unspecified atom stereocenters. The number of nitrogens with zero attached hydrogens (tertiary/aromatic N) is 5. The molecule has 3 rings (SSSR count). The van der Waals surface area contributed by atoms with Gasteiger partial charge in [-0.05, 0) is 29.7 Å². The molecule has 128 valence electrons. The molecule has 1 atom stereocenters. The summed E-state index contributed by atoms with van der Waals surface area (Å²) in [4.78, 5) is 14.6. The first-order valence-corrected chi connectivity index (χ1v) is 10.6. The second-order valence-electron chi connectivity index (χ2n) is 6.17. The van der Waals surface area contributed by atoms with Crippen LogP contribution in [0.3, 0.4) is 0 Å². The van der Waals surface area contributed by atoms with Crippen molar-refractivity contribution in [3.63, 3.8) is 0 Å². The third kappa shape index (κ3) is 3.85. The number of rotatable bonds is 5. The Kier molecular flexibility index (Phi) is 4.90. The monoisotopic (exact) mass is 359 g/mol.